The zero-order chi connectivity index (χ0) is 23.5. The highest BCUT2D eigenvalue weighted by molar-refractivity contribution is 6.76. The van der Waals surface area contributed by atoms with Crippen LogP contribution < -0.4 is 15.1 Å². The van der Waals surface area contributed by atoms with E-state index in [2.05, 4.69) is 11.4 Å². The Labute approximate surface area is 200 Å². The first-order valence-corrected chi connectivity index (χ1v) is 11.3. The largest absolute Gasteiger partial charge is 0.442 e. The van der Waals surface area contributed by atoms with Crippen molar-refractivity contribution in [2.24, 2.45) is 0 Å². The Hall–Kier alpha value is -2.21. The maximum Gasteiger partial charge on any atom is 0.414 e. The van der Waals surface area contributed by atoms with Crippen LogP contribution in [0.3, 0.4) is 0 Å². The Morgan fingerprint density at radius 1 is 1.34 bits per heavy atom. The first kappa shape index (κ1) is 24.4. The molecule has 2 saturated heterocycles. The molecule has 32 heavy (non-hydrogen) atoms. The lowest BCUT2D eigenvalue weighted by Gasteiger charge is -2.31. The van der Waals surface area contributed by atoms with Crippen LogP contribution in [-0.4, -0.2) is 48.1 Å². The molecule has 0 aliphatic carbocycles. The van der Waals surface area contributed by atoms with Crippen molar-refractivity contribution in [2.75, 3.05) is 36.0 Å². The third-order valence-electron chi connectivity index (χ3n) is 5.49. The minimum absolute atomic E-state index is 0.0401. The lowest BCUT2D eigenvalue weighted by Crippen LogP contribution is -2.40. The number of allylic oxidation sites excluding steroid dienone is 1. The minimum Gasteiger partial charge on any atom is -0.442 e. The molecule has 1 unspecified atom stereocenters. The number of hydrogen-bond donors (Lipinski definition) is 1. The van der Waals surface area contributed by atoms with E-state index >= 15 is 0 Å². The number of hydrogen-bond acceptors (Lipinski definition) is 5. The second-order valence-corrected chi connectivity index (χ2v) is 9.78. The number of carbonyl (C=O) groups is 2. The summed E-state index contributed by atoms with van der Waals surface area (Å²) < 4.78 is 18.0. The summed E-state index contributed by atoms with van der Waals surface area (Å²) in [6.45, 7) is 3.27. The summed E-state index contributed by atoms with van der Waals surface area (Å²) in [4.78, 5) is 27.1. The molecular formula is C21H22Cl3FN4O3. The molecule has 7 nitrogen and oxygen atoms in total. The number of nitrogens with one attached hydrogen (secondary N) is 1. The van der Waals surface area contributed by atoms with Crippen molar-refractivity contribution in [1.82, 2.24) is 5.32 Å². The summed E-state index contributed by atoms with van der Waals surface area (Å²) in [5.41, 5.74) is 2.74. The number of nitrogens with zero attached hydrogens (tertiary/aromatic N) is 3. The standard InChI is InChI=1S/C21H22Cl3FN4O3/c1-2-13(10-26)14-5-7-28(8-6-14)18-4-3-15(9-17(18)25)29-12-16(32-20(29)31)11-27-19(30)21(22,23)24/h3-4,9,16H,2,5-8,11-12H2,1H3,(H,27,30). The van der Waals surface area contributed by atoms with E-state index in [-0.39, 0.29) is 13.1 Å². The summed E-state index contributed by atoms with van der Waals surface area (Å²) in [5.74, 6) is -1.28. The molecule has 0 bridgehead atoms. The Kier molecular flexibility index (Phi) is 7.75. The molecule has 2 aliphatic heterocycles. The quantitative estimate of drug-likeness (QED) is 0.473. The number of cyclic esters (lactones) is 1. The molecule has 1 atom stereocenters. The van der Waals surface area contributed by atoms with Crippen LogP contribution >= 0.6 is 34.8 Å². The van der Waals surface area contributed by atoms with Gasteiger partial charge in [-0.3, -0.25) is 9.69 Å². The maximum absolute atomic E-state index is 14.9. The summed E-state index contributed by atoms with van der Waals surface area (Å²) in [6, 6.07) is 6.83. The number of halogens is 4. The van der Waals surface area contributed by atoms with Crippen LogP contribution in [0.2, 0.25) is 0 Å². The van der Waals surface area contributed by atoms with Gasteiger partial charge in [-0.2, -0.15) is 5.26 Å². The Bertz CT molecular complexity index is 964. The summed E-state index contributed by atoms with van der Waals surface area (Å²) in [5, 5.41) is 11.6. The number of ether oxygens (including phenoxy) is 1. The van der Waals surface area contributed by atoms with Gasteiger partial charge in [0.2, 0.25) is 0 Å². The molecule has 0 spiro atoms. The van der Waals surface area contributed by atoms with E-state index in [9.17, 15) is 19.2 Å². The van der Waals surface area contributed by atoms with Gasteiger partial charge < -0.3 is 15.0 Å². The van der Waals surface area contributed by atoms with Crippen molar-refractivity contribution in [2.45, 2.75) is 36.1 Å². The monoisotopic (exact) mass is 502 g/mol. The fourth-order valence-electron chi connectivity index (χ4n) is 3.79. The van der Waals surface area contributed by atoms with E-state index in [1.54, 1.807) is 12.1 Å². The molecule has 0 radical (unpaired) electrons. The predicted molar refractivity (Wildman–Crippen MR) is 122 cm³/mol. The second kappa shape index (κ2) is 10.2. The molecule has 2 amide bonds. The van der Waals surface area contributed by atoms with E-state index < -0.39 is 27.7 Å². The van der Waals surface area contributed by atoms with Crippen molar-refractivity contribution in [3.05, 3.63) is 35.2 Å². The lowest BCUT2D eigenvalue weighted by atomic mass is 9.96. The number of rotatable bonds is 5. The summed E-state index contributed by atoms with van der Waals surface area (Å²) in [6.07, 6.45) is 0.828. The van der Waals surface area contributed by atoms with Crippen LogP contribution in [0.25, 0.3) is 0 Å². The van der Waals surface area contributed by atoms with Gasteiger partial charge in [0.1, 0.15) is 11.9 Å². The third-order valence-corrected chi connectivity index (χ3v) is 6.00. The van der Waals surface area contributed by atoms with Gasteiger partial charge in [0.25, 0.3) is 9.70 Å². The molecule has 1 N–H and O–H groups in total. The Balaban J connectivity index is 1.63. The van der Waals surface area contributed by atoms with Crippen LogP contribution in [0, 0.1) is 17.1 Å². The summed E-state index contributed by atoms with van der Waals surface area (Å²) >= 11 is 16.5. The molecule has 11 heteroatoms. The van der Waals surface area contributed by atoms with E-state index in [1.165, 1.54) is 11.0 Å². The first-order chi connectivity index (χ1) is 15.1. The normalized spacial score (nSPS) is 18.9. The highest BCUT2D eigenvalue weighted by Gasteiger charge is 2.36. The van der Waals surface area contributed by atoms with Gasteiger partial charge in [-0.05, 0) is 37.5 Å². The number of carbonyl (C=O) groups excluding carboxylic acids is 2. The fourth-order valence-corrected chi connectivity index (χ4v) is 3.99. The summed E-state index contributed by atoms with van der Waals surface area (Å²) in [7, 11) is 0. The second-order valence-electron chi connectivity index (χ2n) is 7.49. The van der Waals surface area contributed by atoms with Gasteiger partial charge in [-0.25, -0.2) is 9.18 Å². The van der Waals surface area contributed by atoms with Crippen LogP contribution in [0.5, 0.6) is 0 Å². The Morgan fingerprint density at radius 3 is 2.59 bits per heavy atom. The van der Waals surface area contributed by atoms with Crippen molar-refractivity contribution in [3.63, 3.8) is 0 Å². The average Bonchev–Trinajstić information content (AvgIpc) is 3.13. The van der Waals surface area contributed by atoms with E-state index in [0.717, 1.165) is 24.0 Å². The average molecular weight is 504 g/mol. The number of anilines is 2. The van der Waals surface area contributed by atoms with Gasteiger partial charge in [-0.15, -0.1) is 0 Å². The maximum atomic E-state index is 14.9. The number of benzene rings is 1. The van der Waals surface area contributed by atoms with E-state index in [0.29, 0.717) is 30.9 Å². The molecule has 0 saturated carbocycles. The third kappa shape index (κ3) is 5.58. The molecule has 3 rings (SSSR count). The number of piperidine rings is 1. The van der Waals surface area contributed by atoms with Crippen LogP contribution in [0.1, 0.15) is 26.2 Å². The molecule has 0 aromatic heterocycles. The van der Waals surface area contributed by atoms with Crippen LogP contribution in [-0.2, 0) is 9.53 Å². The smallest absolute Gasteiger partial charge is 0.414 e. The zero-order valence-corrected chi connectivity index (χ0v) is 19.6. The molecule has 172 valence electrons. The molecule has 1 aromatic carbocycles. The van der Waals surface area contributed by atoms with E-state index in [4.69, 9.17) is 39.5 Å². The predicted octanol–water partition coefficient (Wildman–Crippen LogP) is 4.47. The van der Waals surface area contributed by atoms with Crippen molar-refractivity contribution in [3.8, 4) is 6.07 Å². The topological polar surface area (TPSA) is 85.7 Å². The van der Waals surface area contributed by atoms with Gasteiger partial charge in [0.15, 0.2) is 0 Å². The van der Waals surface area contributed by atoms with Crippen molar-refractivity contribution >= 4 is 58.2 Å². The van der Waals surface area contributed by atoms with Gasteiger partial charge in [0, 0.05) is 18.7 Å². The molecule has 2 heterocycles. The highest BCUT2D eigenvalue weighted by atomic mass is 35.6. The molecule has 2 aliphatic rings. The van der Waals surface area contributed by atoms with Crippen molar-refractivity contribution in [1.29, 1.82) is 5.26 Å². The SMILES string of the molecule is CCC(C#N)=C1CCN(c2ccc(N3CC(CNC(=O)C(Cl)(Cl)Cl)OC3=O)cc2F)CC1. The van der Waals surface area contributed by atoms with E-state index in [1.807, 2.05) is 11.8 Å². The Morgan fingerprint density at radius 2 is 2.03 bits per heavy atom. The number of nitriles is 1. The number of alkyl halides is 3. The highest BCUT2D eigenvalue weighted by Crippen LogP contribution is 2.31. The number of amides is 2. The van der Waals surface area contributed by atoms with Gasteiger partial charge >= 0.3 is 6.09 Å². The van der Waals surface area contributed by atoms with Gasteiger partial charge in [-0.1, -0.05) is 47.3 Å². The first-order valence-electron chi connectivity index (χ1n) is 10.1. The minimum atomic E-state index is -2.11. The van der Waals surface area contributed by atoms with Crippen molar-refractivity contribution < 1.29 is 18.7 Å². The zero-order valence-electron chi connectivity index (χ0n) is 17.3. The fraction of sp³-hybridized carbons (Fsp3) is 0.476. The molecule has 2 fully saturated rings. The molecule has 1 aromatic rings. The molecular weight excluding hydrogens is 482 g/mol. The van der Waals surface area contributed by atoms with Crippen LogP contribution in [0.15, 0.2) is 29.3 Å². The lowest BCUT2D eigenvalue weighted by molar-refractivity contribution is -0.120. The van der Waals surface area contributed by atoms with Gasteiger partial charge in [0.05, 0.1) is 30.5 Å². The van der Waals surface area contributed by atoms with Crippen LogP contribution in [0.4, 0.5) is 20.6 Å².